The fourth-order valence-corrected chi connectivity index (χ4v) is 5.31. The van der Waals surface area contributed by atoms with Gasteiger partial charge < -0.3 is 19.7 Å². The summed E-state index contributed by atoms with van der Waals surface area (Å²) in [4.78, 5) is 31.8. The molecule has 2 fully saturated rings. The molecule has 3 aromatic rings. The van der Waals surface area contributed by atoms with E-state index < -0.39 is 0 Å². The van der Waals surface area contributed by atoms with Crippen molar-refractivity contribution in [2.45, 2.75) is 51.7 Å². The van der Waals surface area contributed by atoms with Crippen LogP contribution in [0.2, 0.25) is 0 Å². The maximum absolute atomic E-state index is 13.1. The van der Waals surface area contributed by atoms with Gasteiger partial charge in [0.05, 0.1) is 42.9 Å². The van der Waals surface area contributed by atoms with E-state index in [1.807, 2.05) is 18.6 Å². The minimum Gasteiger partial charge on any atom is -0.381 e. The second-order valence-corrected chi connectivity index (χ2v) is 10.6. The summed E-state index contributed by atoms with van der Waals surface area (Å²) in [7, 11) is 1.78. The summed E-state index contributed by atoms with van der Waals surface area (Å²) in [5.74, 6) is 0.761. The van der Waals surface area contributed by atoms with Crippen molar-refractivity contribution in [2.75, 3.05) is 64.5 Å². The van der Waals surface area contributed by atoms with E-state index in [2.05, 4.69) is 44.6 Å². The molecular weight excluding hydrogens is 496 g/mol. The molecule has 0 saturated carbocycles. The van der Waals surface area contributed by atoms with Crippen LogP contribution in [0.3, 0.4) is 0 Å². The van der Waals surface area contributed by atoms with Gasteiger partial charge in [-0.2, -0.15) is 0 Å². The van der Waals surface area contributed by atoms with Crippen molar-refractivity contribution in [2.24, 2.45) is 0 Å². The minimum atomic E-state index is -0.131. The zero-order chi connectivity index (χ0) is 27.2. The number of fused-ring (bicyclic) bond motifs is 1. The molecule has 11 heteroatoms. The van der Waals surface area contributed by atoms with E-state index in [-0.39, 0.29) is 12.1 Å². The molecule has 210 valence electrons. The van der Waals surface area contributed by atoms with Gasteiger partial charge in [-0.25, -0.2) is 19.3 Å². The van der Waals surface area contributed by atoms with Gasteiger partial charge in [0.1, 0.15) is 0 Å². The van der Waals surface area contributed by atoms with Gasteiger partial charge in [0.2, 0.25) is 11.5 Å². The first kappa shape index (κ1) is 27.4. The van der Waals surface area contributed by atoms with Crippen molar-refractivity contribution in [3.63, 3.8) is 0 Å². The van der Waals surface area contributed by atoms with Crippen LogP contribution >= 0.6 is 0 Å². The first-order valence-electron chi connectivity index (χ1n) is 14.1. The minimum absolute atomic E-state index is 0.131. The van der Waals surface area contributed by atoms with E-state index in [9.17, 15) is 4.79 Å². The highest BCUT2D eigenvalue weighted by Gasteiger charge is 2.24. The first-order chi connectivity index (χ1) is 19.0. The van der Waals surface area contributed by atoms with Gasteiger partial charge >= 0.3 is 6.03 Å². The predicted molar refractivity (Wildman–Crippen MR) is 148 cm³/mol. The fraction of sp³-hybridized carbons (Fsp3) is 0.607. The summed E-state index contributed by atoms with van der Waals surface area (Å²) >= 11 is 0. The van der Waals surface area contributed by atoms with Crippen molar-refractivity contribution >= 4 is 23.0 Å². The van der Waals surface area contributed by atoms with Crippen LogP contribution in [0.1, 0.15) is 50.5 Å². The molecule has 0 bridgehead atoms. The molecule has 2 saturated heterocycles. The molecule has 5 heterocycles. The highest BCUT2D eigenvalue weighted by molar-refractivity contribution is 5.87. The molecule has 1 amide bonds. The van der Waals surface area contributed by atoms with E-state index >= 15 is 0 Å². The normalized spacial score (nSPS) is 17.3. The van der Waals surface area contributed by atoms with Crippen molar-refractivity contribution in [3.05, 3.63) is 42.2 Å². The Morgan fingerprint density at radius 2 is 1.97 bits per heavy atom. The van der Waals surface area contributed by atoms with Gasteiger partial charge in [-0.1, -0.05) is 0 Å². The molecule has 0 unspecified atom stereocenters. The van der Waals surface area contributed by atoms with Crippen LogP contribution in [0.25, 0.3) is 11.0 Å². The highest BCUT2D eigenvalue weighted by Crippen LogP contribution is 2.19. The number of nitrogens with zero attached hydrogens (tertiary/aromatic N) is 7. The lowest BCUT2D eigenvalue weighted by molar-refractivity contribution is -0.691. The van der Waals surface area contributed by atoms with Crippen LogP contribution in [0.5, 0.6) is 0 Å². The number of imidazole rings is 1. The Balaban J connectivity index is 1.26. The van der Waals surface area contributed by atoms with Crippen molar-refractivity contribution < 1.29 is 18.8 Å². The van der Waals surface area contributed by atoms with Crippen LogP contribution in [-0.2, 0) is 15.9 Å². The fourth-order valence-electron chi connectivity index (χ4n) is 5.31. The van der Waals surface area contributed by atoms with Crippen molar-refractivity contribution in [3.8, 4) is 0 Å². The number of rotatable bonds is 9. The molecular formula is C28H41N8O3+. The third kappa shape index (κ3) is 6.71. The summed E-state index contributed by atoms with van der Waals surface area (Å²) in [6, 6.07) is 4.08. The van der Waals surface area contributed by atoms with Gasteiger partial charge in [0, 0.05) is 58.5 Å². The number of morpholine rings is 1. The Hall–Kier alpha value is -3.15. The van der Waals surface area contributed by atoms with E-state index in [1.54, 1.807) is 17.9 Å². The number of hydrogen-bond acceptors (Lipinski definition) is 8. The molecule has 39 heavy (non-hydrogen) atoms. The molecule has 11 nitrogen and oxygen atoms in total. The SMILES string of the molecule is COC1CCN(c2nccc(Cc3cc4c(cn3)n(C(=O)NCCCN3CCOCC3)c[n+]4C(C)C)n2)CC1. The zero-order valence-electron chi connectivity index (χ0n) is 23.4. The van der Waals surface area contributed by atoms with E-state index in [4.69, 9.17) is 19.4 Å². The van der Waals surface area contributed by atoms with Crippen molar-refractivity contribution in [1.29, 1.82) is 0 Å². The van der Waals surface area contributed by atoms with Gasteiger partial charge in [0.15, 0.2) is 5.52 Å². The van der Waals surface area contributed by atoms with Crippen LogP contribution in [0.4, 0.5) is 10.7 Å². The number of aromatic nitrogens is 5. The van der Waals surface area contributed by atoms with Crippen LogP contribution < -0.4 is 14.8 Å². The van der Waals surface area contributed by atoms with Gasteiger partial charge in [-0.05, 0) is 45.7 Å². The maximum atomic E-state index is 13.1. The topological polar surface area (TPSA) is 102 Å². The number of carbonyl (C=O) groups is 1. The van der Waals surface area contributed by atoms with Crippen molar-refractivity contribution in [1.82, 2.24) is 29.7 Å². The summed E-state index contributed by atoms with van der Waals surface area (Å²) in [6.45, 7) is 11.1. The maximum Gasteiger partial charge on any atom is 0.413 e. The standard InChI is InChI=1S/C28H40N8O3/c1-21(2)35-20-36(28(37)30-8-4-10-33-13-15-39-16-14-33)26-19-31-23(18-25(26)35)17-22-5-9-29-27(32-22)34-11-6-24(38-3)7-12-34/h5,9,18-21,24H,4,6-8,10-17H2,1-3H3/p+1. The average Bonchev–Trinajstić information content (AvgIpc) is 3.35. The molecule has 3 aromatic heterocycles. The monoisotopic (exact) mass is 537 g/mol. The Morgan fingerprint density at radius 1 is 1.18 bits per heavy atom. The summed E-state index contributed by atoms with van der Waals surface area (Å²) in [6.07, 6.45) is 9.29. The Bertz CT molecular complexity index is 1250. The largest absolute Gasteiger partial charge is 0.413 e. The quantitative estimate of drug-likeness (QED) is 0.328. The predicted octanol–water partition coefficient (Wildman–Crippen LogP) is 2.18. The number of ether oxygens (including phenoxy) is 2. The van der Waals surface area contributed by atoms with Crippen LogP contribution in [-0.4, -0.2) is 96.1 Å². The second kappa shape index (κ2) is 12.8. The lowest BCUT2D eigenvalue weighted by Gasteiger charge is -2.31. The van der Waals surface area contributed by atoms with E-state index in [0.717, 1.165) is 93.6 Å². The molecule has 1 N–H and O–H groups in total. The Labute approximate surface area is 230 Å². The number of anilines is 1. The lowest BCUT2D eigenvalue weighted by atomic mass is 10.1. The summed E-state index contributed by atoms with van der Waals surface area (Å²) < 4.78 is 14.7. The van der Waals surface area contributed by atoms with Crippen LogP contribution in [0, 0.1) is 0 Å². The average molecular weight is 538 g/mol. The first-order valence-corrected chi connectivity index (χ1v) is 14.1. The third-order valence-corrected chi connectivity index (χ3v) is 7.62. The third-order valence-electron chi connectivity index (χ3n) is 7.62. The van der Waals surface area contributed by atoms with E-state index in [0.29, 0.717) is 19.1 Å². The number of carbonyl (C=O) groups excluding carboxylic acids is 1. The number of piperidine rings is 1. The van der Waals surface area contributed by atoms with Gasteiger partial charge in [-0.3, -0.25) is 9.88 Å². The number of amides is 1. The second-order valence-electron chi connectivity index (χ2n) is 10.6. The van der Waals surface area contributed by atoms with Gasteiger partial charge in [0.25, 0.3) is 6.33 Å². The summed E-state index contributed by atoms with van der Waals surface area (Å²) in [5, 5.41) is 3.08. The lowest BCUT2D eigenvalue weighted by Crippen LogP contribution is -2.39. The Morgan fingerprint density at radius 3 is 2.72 bits per heavy atom. The number of pyridine rings is 1. The molecule has 0 atom stereocenters. The molecule has 0 aromatic carbocycles. The molecule has 0 aliphatic carbocycles. The molecule has 2 aliphatic rings. The molecule has 5 rings (SSSR count). The summed E-state index contributed by atoms with van der Waals surface area (Å²) in [5.41, 5.74) is 3.61. The highest BCUT2D eigenvalue weighted by atomic mass is 16.5. The van der Waals surface area contributed by atoms with E-state index in [1.165, 1.54) is 0 Å². The molecule has 0 radical (unpaired) electrons. The zero-order valence-corrected chi connectivity index (χ0v) is 23.4. The number of methoxy groups -OCH3 is 1. The number of hydrogen-bond donors (Lipinski definition) is 1. The Kier molecular flexibility index (Phi) is 9.00. The molecule has 0 spiro atoms. The smallest absolute Gasteiger partial charge is 0.381 e. The number of nitrogens with one attached hydrogen (secondary N) is 1. The van der Waals surface area contributed by atoms with Gasteiger partial charge in [-0.15, -0.1) is 4.57 Å². The molecule has 2 aliphatic heterocycles. The van der Waals surface area contributed by atoms with Crippen LogP contribution in [0.15, 0.2) is 30.9 Å².